The summed E-state index contributed by atoms with van der Waals surface area (Å²) in [5.41, 5.74) is 5.76. The molecular weight excluding hydrogens is 162 g/mol. The van der Waals surface area contributed by atoms with Crippen molar-refractivity contribution < 1.29 is 8.78 Å². The van der Waals surface area contributed by atoms with Crippen molar-refractivity contribution in [1.29, 1.82) is 0 Å². The maximum Gasteiger partial charge on any atom is 0.253 e. The lowest BCUT2D eigenvalue weighted by Gasteiger charge is -2.08. The first-order chi connectivity index (χ1) is 5.70. The molecule has 1 heterocycles. The number of pyridine rings is 1. The predicted molar refractivity (Wildman–Crippen MR) is 41.9 cm³/mol. The molecule has 1 aromatic heterocycles. The van der Waals surface area contributed by atoms with Crippen molar-refractivity contribution in [2.24, 2.45) is 5.73 Å². The highest BCUT2D eigenvalue weighted by atomic mass is 19.3. The number of rotatable bonds is 3. The van der Waals surface area contributed by atoms with Crippen molar-refractivity contribution in [3.8, 4) is 0 Å². The van der Waals surface area contributed by atoms with Gasteiger partial charge in [0.1, 0.15) is 0 Å². The molecule has 0 spiro atoms. The average Bonchev–Trinajstić information content (AvgIpc) is 2.06. The molecule has 1 rings (SSSR count). The normalized spacial score (nSPS) is 13.3. The Kier molecular flexibility index (Phi) is 3.10. The van der Waals surface area contributed by atoms with E-state index in [2.05, 4.69) is 4.98 Å². The SMILES string of the molecule is NC(Cc1ccccn1)C(F)F. The summed E-state index contributed by atoms with van der Waals surface area (Å²) in [6, 6.07) is 4.06. The van der Waals surface area contributed by atoms with Gasteiger partial charge in [0.15, 0.2) is 0 Å². The maximum atomic E-state index is 12.0. The van der Waals surface area contributed by atoms with E-state index in [0.29, 0.717) is 5.69 Å². The van der Waals surface area contributed by atoms with Crippen LogP contribution in [-0.2, 0) is 6.42 Å². The van der Waals surface area contributed by atoms with Gasteiger partial charge in [-0.25, -0.2) is 8.78 Å². The highest BCUT2D eigenvalue weighted by molar-refractivity contribution is 5.05. The van der Waals surface area contributed by atoms with E-state index >= 15 is 0 Å². The van der Waals surface area contributed by atoms with Gasteiger partial charge in [0, 0.05) is 18.3 Å². The number of hydrogen-bond acceptors (Lipinski definition) is 2. The number of aromatic nitrogens is 1. The average molecular weight is 172 g/mol. The van der Waals surface area contributed by atoms with Gasteiger partial charge in [0.05, 0.1) is 6.04 Å². The molecule has 0 saturated heterocycles. The molecule has 4 heteroatoms. The summed E-state index contributed by atoms with van der Waals surface area (Å²) >= 11 is 0. The molecule has 0 radical (unpaired) electrons. The van der Waals surface area contributed by atoms with Crippen LogP contribution in [-0.4, -0.2) is 17.5 Å². The summed E-state index contributed by atoms with van der Waals surface area (Å²) in [5, 5.41) is 0. The lowest BCUT2D eigenvalue weighted by atomic mass is 10.1. The van der Waals surface area contributed by atoms with Crippen LogP contribution in [0.1, 0.15) is 5.69 Å². The molecule has 0 amide bonds. The van der Waals surface area contributed by atoms with Crippen molar-refractivity contribution >= 4 is 0 Å². The molecule has 12 heavy (non-hydrogen) atoms. The maximum absolute atomic E-state index is 12.0. The van der Waals surface area contributed by atoms with Crippen LogP contribution in [0.5, 0.6) is 0 Å². The largest absolute Gasteiger partial charge is 0.323 e. The molecule has 0 aliphatic carbocycles. The lowest BCUT2D eigenvalue weighted by molar-refractivity contribution is 0.115. The molecule has 0 fully saturated rings. The molecule has 0 aliphatic rings. The minimum absolute atomic E-state index is 0.124. The van der Waals surface area contributed by atoms with E-state index < -0.39 is 12.5 Å². The first-order valence-electron chi connectivity index (χ1n) is 3.64. The third-order valence-electron chi connectivity index (χ3n) is 1.49. The van der Waals surface area contributed by atoms with Gasteiger partial charge in [-0.3, -0.25) is 4.98 Å². The van der Waals surface area contributed by atoms with E-state index in [4.69, 9.17) is 5.73 Å². The van der Waals surface area contributed by atoms with Gasteiger partial charge in [-0.1, -0.05) is 6.07 Å². The molecular formula is C8H10F2N2. The van der Waals surface area contributed by atoms with Crippen LogP contribution in [0.25, 0.3) is 0 Å². The summed E-state index contributed by atoms with van der Waals surface area (Å²) in [6.07, 6.45) is -0.793. The summed E-state index contributed by atoms with van der Waals surface area (Å²) in [7, 11) is 0. The summed E-state index contributed by atoms with van der Waals surface area (Å²) in [6.45, 7) is 0. The fraction of sp³-hybridized carbons (Fsp3) is 0.375. The van der Waals surface area contributed by atoms with Crippen LogP contribution >= 0.6 is 0 Å². The Morgan fingerprint density at radius 1 is 1.42 bits per heavy atom. The van der Waals surface area contributed by atoms with Crippen LogP contribution < -0.4 is 5.73 Å². The minimum Gasteiger partial charge on any atom is -0.323 e. The number of nitrogens with two attached hydrogens (primary N) is 1. The van der Waals surface area contributed by atoms with E-state index in [9.17, 15) is 8.78 Å². The Hall–Kier alpha value is -1.03. The molecule has 66 valence electrons. The number of halogens is 2. The first kappa shape index (κ1) is 9.06. The molecule has 2 N–H and O–H groups in total. The standard InChI is InChI=1S/C8H10F2N2/c9-8(10)7(11)5-6-3-1-2-4-12-6/h1-4,7-8H,5,11H2. The van der Waals surface area contributed by atoms with E-state index in [1.165, 1.54) is 0 Å². The molecule has 1 unspecified atom stereocenters. The second-order valence-corrected chi connectivity index (χ2v) is 2.52. The number of alkyl halides is 2. The second kappa shape index (κ2) is 4.11. The van der Waals surface area contributed by atoms with Crippen LogP contribution in [0.2, 0.25) is 0 Å². The Morgan fingerprint density at radius 2 is 2.17 bits per heavy atom. The van der Waals surface area contributed by atoms with Crippen molar-refractivity contribution in [2.45, 2.75) is 18.9 Å². The molecule has 0 aliphatic heterocycles. The molecule has 1 atom stereocenters. The highest BCUT2D eigenvalue weighted by Crippen LogP contribution is 2.04. The summed E-state index contributed by atoms with van der Waals surface area (Å²) in [4.78, 5) is 3.89. The van der Waals surface area contributed by atoms with Gasteiger partial charge in [-0.2, -0.15) is 0 Å². The molecule has 0 saturated carbocycles. The lowest BCUT2D eigenvalue weighted by Crippen LogP contribution is -2.31. The van der Waals surface area contributed by atoms with E-state index in [-0.39, 0.29) is 6.42 Å². The number of hydrogen-bond donors (Lipinski definition) is 1. The van der Waals surface area contributed by atoms with Gasteiger partial charge in [0.25, 0.3) is 6.43 Å². The van der Waals surface area contributed by atoms with Gasteiger partial charge in [-0.15, -0.1) is 0 Å². The van der Waals surface area contributed by atoms with Crippen molar-refractivity contribution in [1.82, 2.24) is 4.98 Å². The number of nitrogens with zero attached hydrogens (tertiary/aromatic N) is 1. The van der Waals surface area contributed by atoms with Crippen molar-refractivity contribution in [3.05, 3.63) is 30.1 Å². The zero-order valence-corrected chi connectivity index (χ0v) is 6.45. The third kappa shape index (κ3) is 2.54. The van der Waals surface area contributed by atoms with Crippen molar-refractivity contribution in [3.63, 3.8) is 0 Å². The Balaban J connectivity index is 2.53. The van der Waals surface area contributed by atoms with Crippen LogP contribution in [0.3, 0.4) is 0 Å². The smallest absolute Gasteiger partial charge is 0.253 e. The van der Waals surface area contributed by atoms with Crippen LogP contribution in [0.15, 0.2) is 24.4 Å². The topological polar surface area (TPSA) is 38.9 Å². The highest BCUT2D eigenvalue weighted by Gasteiger charge is 2.15. The minimum atomic E-state index is -2.48. The predicted octanol–water partition coefficient (Wildman–Crippen LogP) is 1.22. The Labute approximate surface area is 69.4 Å². The van der Waals surface area contributed by atoms with Gasteiger partial charge < -0.3 is 5.73 Å². The van der Waals surface area contributed by atoms with Crippen molar-refractivity contribution in [2.75, 3.05) is 0 Å². The van der Waals surface area contributed by atoms with Gasteiger partial charge >= 0.3 is 0 Å². The van der Waals surface area contributed by atoms with E-state index in [1.54, 1.807) is 24.4 Å². The Morgan fingerprint density at radius 3 is 2.67 bits per heavy atom. The molecule has 0 bridgehead atoms. The summed E-state index contributed by atoms with van der Waals surface area (Å²) < 4.78 is 23.9. The van der Waals surface area contributed by atoms with Crippen LogP contribution in [0.4, 0.5) is 8.78 Å². The van der Waals surface area contributed by atoms with Crippen LogP contribution in [0, 0.1) is 0 Å². The third-order valence-corrected chi connectivity index (χ3v) is 1.49. The first-order valence-corrected chi connectivity index (χ1v) is 3.64. The second-order valence-electron chi connectivity index (χ2n) is 2.52. The quantitative estimate of drug-likeness (QED) is 0.744. The molecule has 2 nitrogen and oxygen atoms in total. The molecule has 0 aromatic carbocycles. The fourth-order valence-electron chi connectivity index (χ4n) is 0.849. The van der Waals surface area contributed by atoms with E-state index in [0.717, 1.165) is 0 Å². The van der Waals surface area contributed by atoms with Gasteiger partial charge in [0.2, 0.25) is 0 Å². The summed E-state index contributed by atoms with van der Waals surface area (Å²) in [5.74, 6) is 0. The monoisotopic (exact) mass is 172 g/mol. The molecule has 1 aromatic rings. The zero-order chi connectivity index (χ0) is 8.97. The van der Waals surface area contributed by atoms with E-state index in [1.807, 2.05) is 0 Å². The zero-order valence-electron chi connectivity index (χ0n) is 6.45. The van der Waals surface area contributed by atoms with Gasteiger partial charge in [-0.05, 0) is 12.1 Å². The fourth-order valence-corrected chi connectivity index (χ4v) is 0.849. The Bertz CT molecular complexity index is 226.